The standard InChI is InChI=1S/C12H16ClN3S/c1-8(2)16-12(10(13)7-15-16)11(14)6-9-4-3-5-17-9/h3-5,7-8,11H,6,14H2,1-2H3. The van der Waals surface area contributed by atoms with Gasteiger partial charge in [0.2, 0.25) is 0 Å². The molecule has 0 saturated carbocycles. The first kappa shape index (κ1) is 12.6. The number of halogens is 1. The fraction of sp³-hybridized carbons (Fsp3) is 0.417. The van der Waals surface area contributed by atoms with Gasteiger partial charge in [-0.25, -0.2) is 0 Å². The van der Waals surface area contributed by atoms with Crippen molar-refractivity contribution in [3.05, 3.63) is 39.3 Å². The van der Waals surface area contributed by atoms with E-state index in [0.717, 1.165) is 12.1 Å². The summed E-state index contributed by atoms with van der Waals surface area (Å²) in [6.45, 7) is 4.15. The maximum Gasteiger partial charge on any atom is 0.0834 e. The highest BCUT2D eigenvalue weighted by atomic mass is 35.5. The smallest absolute Gasteiger partial charge is 0.0834 e. The Morgan fingerprint density at radius 2 is 2.29 bits per heavy atom. The number of nitrogens with zero attached hydrogens (tertiary/aromatic N) is 2. The fourth-order valence-electron chi connectivity index (χ4n) is 1.85. The lowest BCUT2D eigenvalue weighted by Gasteiger charge is -2.16. The van der Waals surface area contributed by atoms with Crippen molar-refractivity contribution in [2.45, 2.75) is 32.4 Å². The van der Waals surface area contributed by atoms with Crippen LogP contribution in [0.25, 0.3) is 0 Å². The molecule has 0 aromatic carbocycles. The van der Waals surface area contributed by atoms with Gasteiger partial charge < -0.3 is 5.73 Å². The van der Waals surface area contributed by atoms with Crippen molar-refractivity contribution in [2.24, 2.45) is 5.73 Å². The molecular formula is C12H16ClN3S. The first-order chi connectivity index (χ1) is 8.09. The van der Waals surface area contributed by atoms with Gasteiger partial charge in [0.1, 0.15) is 0 Å². The van der Waals surface area contributed by atoms with E-state index >= 15 is 0 Å². The zero-order valence-corrected chi connectivity index (χ0v) is 11.5. The van der Waals surface area contributed by atoms with Crippen LogP contribution >= 0.6 is 22.9 Å². The van der Waals surface area contributed by atoms with Gasteiger partial charge in [-0.1, -0.05) is 17.7 Å². The molecule has 0 fully saturated rings. The van der Waals surface area contributed by atoms with Crippen LogP contribution < -0.4 is 5.73 Å². The number of hydrogen-bond acceptors (Lipinski definition) is 3. The molecule has 0 aliphatic carbocycles. The first-order valence-electron chi connectivity index (χ1n) is 5.60. The number of aromatic nitrogens is 2. The number of hydrogen-bond donors (Lipinski definition) is 1. The average Bonchev–Trinajstić information content (AvgIpc) is 2.86. The van der Waals surface area contributed by atoms with E-state index in [0.29, 0.717) is 5.02 Å². The second-order valence-electron chi connectivity index (χ2n) is 4.31. The average molecular weight is 270 g/mol. The SMILES string of the molecule is CC(C)n1ncc(Cl)c1C(N)Cc1cccs1. The Labute approximate surface area is 110 Å². The molecule has 0 amide bonds. The summed E-state index contributed by atoms with van der Waals surface area (Å²) in [4.78, 5) is 1.27. The van der Waals surface area contributed by atoms with E-state index in [4.69, 9.17) is 17.3 Å². The second kappa shape index (κ2) is 5.21. The Balaban J connectivity index is 2.24. The van der Waals surface area contributed by atoms with E-state index in [-0.39, 0.29) is 12.1 Å². The van der Waals surface area contributed by atoms with Gasteiger partial charge in [0.05, 0.1) is 23.0 Å². The molecule has 0 bridgehead atoms. The molecule has 2 aromatic rings. The van der Waals surface area contributed by atoms with Crippen LogP contribution in [-0.4, -0.2) is 9.78 Å². The minimum absolute atomic E-state index is 0.106. The summed E-state index contributed by atoms with van der Waals surface area (Å²) in [5.41, 5.74) is 7.16. The van der Waals surface area contributed by atoms with Gasteiger partial charge in [0.15, 0.2) is 0 Å². The minimum Gasteiger partial charge on any atom is -0.322 e. The van der Waals surface area contributed by atoms with Crippen molar-refractivity contribution in [1.82, 2.24) is 9.78 Å². The van der Waals surface area contributed by atoms with Crippen molar-refractivity contribution in [3.8, 4) is 0 Å². The summed E-state index contributed by atoms with van der Waals surface area (Å²) in [6, 6.07) is 4.29. The highest BCUT2D eigenvalue weighted by molar-refractivity contribution is 7.09. The summed E-state index contributed by atoms with van der Waals surface area (Å²) in [7, 11) is 0. The van der Waals surface area contributed by atoms with Gasteiger partial charge >= 0.3 is 0 Å². The highest BCUT2D eigenvalue weighted by Crippen LogP contribution is 2.27. The molecule has 92 valence electrons. The van der Waals surface area contributed by atoms with Crippen LogP contribution in [0.4, 0.5) is 0 Å². The van der Waals surface area contributed by atoms with E-state index < -0.39 is 0 Å². The lowest BCUT2D eigenvalue weighted by Crippen LogP contribution is -2.19. The topological polar surface area (TPSA) is 43.8 Å². The molecule has 0 aliphatic heterocycles. The quantitative estimate of drug-likeness (QED) is 0.924. The predicted molar refractivity (Wildman–Crippen MR) is 72.6 cm³/mol. The molecule has 2 heterocycles. The monoisotopic (exact) mass is 269 g/mol. The normalized spacial score (nSPS) is 13.2. The third-order valence-corrected chi connectivity index (χ3v) is 3.82. The van der Waals surface area contributed by atoms with Crippen LogP contribution in [-0.2, 0) is 6.42 Å². The number of thiophene rings is 1. The van der Waals surface area contributed by atoms with Crippen molar-refractivity contribution < 1.29 is 0 Å². The van der Waals surface area contributed by atoms with Crippen LogP contribution in [0.15, 0.2) is 23.7 Å². The maximum absolute atomic E-state index is 6.23. The van der Waals surface area contributed by atoms with Crippen LogP contribution in [0, 0.1) is 0 Å². The summed E-state index contributed by atoms with van der Waals surface area (Å²) < 4.78 is 1.90. The molecule has 2 aromatic heterocycles. The van der Waals surface area contributed by atoms with Gasteiger partial charge in [0.25, 0.3) is 0 Å². The van der Waals surface area contributed by atoms with E-state index in [9.17, 15) is 0 Å². The molecule has 0 spiro atoms. The first-order valence-corrected chi connectivity index (χ1v) is 6.86. The molecule has 0 saturated heterocycles. The molecule has 1 unspecified atom stereocenters. The van der Waals surface area contributed by atoms with Crippen molar-refractivity contribution >= 4 is 22.9 Å². The Hall–Kier alpha value is -0.840. The van der Waals surface area contributed by atoms with Crippen molar-refractivity contribution in [3.63, 3.8) is 0 Å². The molecule has 0 aliphatic rings. The van der Waals surface area contributed by atoms with Crippen LogP contribution in [0.5, 0.6) is 0 Å². The van der Waals surface area contributed by atoms with Crippen LogP contribution in [0.3, 0.4) is 0 Å². The molecule has 2 rings (SSSR count). The van der Waals surface area contributed by atoms with Crippen LogP contribution in [0.2, 0.25) is 5.02 Å². The minimum atomic E-state index is -0.106. The molecule has 2 N–H and O–H groups in total. The summed E-state index contributed by atoms with van der Waals surface area (Å²) >= 11 is 7.88. The third kappa shape index (κ3) is 2.70. The second-order valence-corrected chi connectivity index (χ2v) is 5.75. The Morgan fingerprint density at radius 3 is 2.88 bits per heavy atom. The van der Waals surface area contributed by atoms with E-state index in [1.165, 1.54) is 4.88 Å². The number of nitrogens with two attached hydrogens (primary N) is 1. The van der Waals surface area contributed by atoms with E-state index in [2.05, 4.69) is 30.4 Å². The Morgan fingerprint density at radius 1 is 1.53 bits per heavy atom. The molecule has 0 radical (unpaired) electrons. The van der Waals surface area contributed by atoms with Gasteiger partial charge in [-0.3, -0.25) is 4.68 Å². The molecule has 3 nitrogen and oxygen atoms in total. The van der Waals surface area contributed by atoms with Gasteiger partial charge in [-0.15, -0.1) is 11.3 Å². The zero-order chi connectivity index (χ0) is 12.4. The van der Waals surface area contributed by atoms with Gasteiger partial charge in [-0.2, -0.15) is 5.10 Å². The molecule has 1 atom stereocenters. The van der Waals surface area contributed by atoms with E-state index in [1.807, 2.05) is 10.7 Å². The Kier molecular flexibility index (Phi) is 3.86. The lowest BCUT2D eigenvalue weighted by molar-refractivity contribution is 0.486. The molecule has 5 heteroatoms. The van der Waals surface area contributed by atoms with Crippen molar-refractivity contribution in [1.29, 1.82) is 0 Å². The van der Waals surface area contributed by atoms with E-state index in [1.54, 1.807) is 17.5 Å². The van der Waals surface area contributed by atoms with Gasteiger partial charge in [0, 0.05) is 17.3 Å². The summed E-state index contributed by atoms with van der Waals surface area (Å²) in [6.07, 6.45) is 2.47. The fourth-order valence-corrected chi connectivity index (χ4v) is 2.89. The predicted octanol–water partition coefficient (Wildman–Crippen LogP) is 3.42. The Bertz CT molecular complexity index is 476. The molecule has 17 heavy (non-hydrogen) atoms. The largest absolute Gasteiger partial charge is 0.322 e. The highest BCUT2D eigenvalue weighted by Gasteiger charge is 2.19. The summed E-state index contributed by atoms with van der Waals surface area (Å²) in [5.74, 6) is 0. The zero-order valence-electron chi connectivity index (χ0n) is 9.93. The lowest BCUT2D eigenvalue weighted by atomic mass is 10.1. The molecular weight excluding hydrogens is 254 g/mol. The van der Waals surface area contributed by atoms with Crippen LogP contribution in [0.1, 0.15) is 36.5 Å². The third-order valence-electron chi connectivity index (χ3n) is 2.63. The van der Waals surface area contributed by atoms with Crippen molar-refractivity contribution in [2.75, 3.05) is 0 Å². The maximum atomic E-state index is 6.23. The number of rotatable bonds is 4. The van der Waals surface area contributed by atoms with Gasteiger partial charge in [-0.05, 0) is 25.3 Å². The summed E-state index contributed by atoms with van der Waals surface area (Å²) in [5, 5.41) is 6.99.